The second-order valence-corrected chi connectivity index (χ2v) is 6.17. The maximum absolute atomic E-state index is 11.9. The van der Waals surface area contributed by atoms with Crippen LogP contribution in [0.5, 0.6) is 0 Å². The summed E-state index contributed by atoms with van der Waals surface area (Å²) in [7, 11) is 0. The number of ether oxygens (including phenoxy) is 1. The van der Waals surface area contributed by atoms with E-state index in [1.807, 2.05) is 6.92 Å². The number of likely N-dealkylation sites (tertiary alicyclic amines) is 1. The summed E-state index contributed by atoms with van der Waals surface area (Å²) in [6.07, 6.45) is 1.83. The van der Waals surface area contributed by atoms with Gasteiger partial charge in [-0.05, 0) is 63.0 Å². The zero-order chi connectivity index (χ0) is 16.1. The van der Waals surface area contributed by atoms with Crippen molar-refractivity contribution in [1.82, 2.24) is 4.90 Å². The van der Waals surface area contributed by atoms with Crippen molar-refractivity contribution in [3.05, 3.63) is 29.3 Å². The van der Waals surface area contributed by atoms with E-state index in [2.05, 4.69) is 42.3 Å². The molecular formula is C17H24N2O2S. The van der Waals surface area contributed by atoms with Crippen LogP contribution in [0.2, 0.25) is 0 Å². The van der Waals surface area contributed by atoms with Gasteiger partial charge < -0.3 is 15.0 Å². The number of nitrogens with one attached hydrogen (secondary N) is 1. The van der Waals surface area contributed by atoms with Gasteiger partial charge in [0.2, 0.25) is 0 Å². The standard InChI is InChI=1S/C17H24N2O2S/c1-4-21-16(20)14-6-5-9-19(11-14)17(22)18-15-10-12(2)7-8-13(15)3/h7-8,10,14H,4-6,9,11H2,1-3H3,(H,18,22)/t14-/m1/s1. The van der Waals surface area contributed by atoms with Gasteiger partial charge in [-0.15, -0.1) is 0 Å². The Morgan fingerprint density at radius 1 is 1.45 bits per heavy atom. The fourth-order valence-electron chi connectivity index (χ4n) is 2.68. The van der Waals surface area contributed by atoms with Crippen molar-refractivity contribution in [3.63, 3.8) is 0 Å². The number of nitrogens with zero attached hydrogens (tertiary/aromatic N) is 1. The van der Waals surface area contributed by atoms with E-state index in [1.54, 1.807) is 0 Å². The first-order chi connectivity index (χ1) is 10.5. The van der Waals surface area contributed by atoms with Gasteiger partial charge in [0, 0.05) is 18.8 Å². The molecule has 0 aliphatic carbocycles. The lowest BCUT2D eigenvalue weighted by Gasteiger charge is -2.33. The van der Waals surface area contributed by atoms with E-state index in [0.717, 1.165) is 30.6 Å². The van der Waals surface area contributed by atoms with Gasteiger partial charge in [-0.3, -0.25) is 4.79 Å². The van der Waals surface area contributed by atoms with Crippen LogP contribution >= 0.6 is 12.2 Å². The molecule has 0 unspecified atom stereocenters. The van der Waals surface area contributed by atoms with Gasteiger partial charge in [0.15, 0.2) is 5.11 Å². The van der Waals surface area contributed by atoms with Crippen LogP contribution in [0.3, 0.4) is 0 Å². The van der Waals surface area contributed by atoms with Crippen molar-refractivity contribution in [1.29, 1.82) is 0 Å². The summed E-state index contributed by atoms with van der Waals surface area (Å²) in [6, 6.07) is 6.26. The SMILES string of the molecule is CCOC(=O)[C@@H]1CCCN(C(=S)Nc2cc(C)ccc2C)C1. The van der Waals surface area contributed by atoms with Crippen molar-refractivity contribution in [2.45, 2.75) is 33.6 Å². The summed E-state index contributed by atoms with van der Waals surface area (Å²) >= 11 is 5.53. The van der Waals surface area contributed by atoms with E-state index in [1.165, 1.54) is 5.56 Å². The molecule has 5 heteroatoms. The van der Waals surface area contributed by atoms with E-state index in [9.17, 15) is 4.79 Å². The van der Waals surface area contributed by atoms with E-state index in [-0.39, 0.29) is 11.9 Å². The Balaban J connectivity index is 2.00. The van der Waals surface area contributed by atoms with Gasteiger partial charge in [-0.1, -0.05) is 12.1 Å². The maximum atomic E-state index is 11.9. The second kappa shape index (κ2) is 7.58. The molecule has 0 spiro atoms. The molecule has 22 heavy (non-hydrogen) atoms. The Bertz CT molecular complexity index is 560. The van der Waals surface area contributed by atoms with Crippen LogP contribution in [0.15, 0.2) is 18.2 Å². The van der Waals surface area contributed by atoms with Gasteiger partial charge in [-0.25, -0.2) is 0 Å². The maximum Gasteiger partial charge on any atom is 0.310 e. The topological polar surface area (TPSA) is 41.6 Å². The van der Waals surface area contributed by atoms with Crippen molar-refractivity contribution in [3.8, 4) is 0 Å². The van der Waals surface area contributed by atoms with E-state index in [0.29, 0.717) is 18.3 Å². The lowest BCUT2D eigenvalue weighted by molar-refractivity contribution is -0.149. The van der Waals surface area contributed by atoms with E-state index < -0.39 is 0 Å². The summed E-state index contributed by atoms with van der Waals surface area (Å²) in [5.41, 5.74) is 3.38. The summed E-state index contributed by atoms with van der Waals surface area (Å²) < 4.78 is 5.13. The molecule has 0 saturated carbocycles. The molecule has 0 aromatic heterocycles. The van der Waals surface area contributed by atoms with Gasteiger partial charge in [0.1, 0.15) is 0 Å². The highest BCUT2D eigenvalue weighted by Crippen LogP contribution is 2.21. The van der Waals surface area contributed by atoms with Gasteiger partial charge >= 0.3 is 5.97 Å². The Morgan fingerprint density at radius 3 is 2.95 bits per heavy atom. The predicted molar refractivity (Wildman–Crippen MR) is 93.1 cm³/mol. The van der Waals surface area contributed by atoms with Crippen molar-refractivity contribution >= 4 is 29.0 Å². The molecule has 1 saturated heterocycles. The highest BCUT2D eigenvalue weighted by Gasteiger charge is 2.28. The number of carbonyl (C=O) groups excluding carboxylic acids is 1. The highest BCUT2D eigenvalue weighted by atomic mass is 32.1. The molecular weight excluding hydrogens is 296 g/mol. The van der Waals surface area contributed by atoms with Crippen LogP contribution in [0.25, 0.3) is 0 Å². The molecule has 1 heterocycles. The summed E-state index contributed by atoms with van der Waals surface area (Å²) in [5.74, 6) is -0.186. The highest BCUT2D eigenvalue weighted by molar-refractivity contribution is 7.80. The molecule has 120 valence electrons. The summed E-state index contributed by atoms with van der Waals surface area (Å²) in [4.78, 5) is 14.0. The molecule has 1 atom stereocenters. The van der Waals surface area contributed by atoms with Gasteiger partial charge in [0.05, 0.1) is 12.5 Å². The van der Waals surface area contributed by atoms with Crippen molar-refractivity contribution in [2.75, 3.05) is 25.0 Å². The molecule has 1 fully saturated rings. The first-order valence-corrected chi connectivity index (χ1v) is 8.22. The average Bonchev–Trinajstić information content (AvgIpc) is 2.51. The monoisotopic (exact) mass is 320 g/mol. The zero-order valence-electron chi connectivity index (χ0n) is 13.5. The third-order valence-corrected chi connectivity index (χ3v) is 4.32. The van der Waals surface area contributed by atoms with Crippen molar-refractivity contribution < 1.29 is 9.53 Å². The molecule has 0 amide bonds. The number of rotatable bonds is 3. The number of aryl methyl sites for hydroxylation is 2. The first-order valence-electron chi connectivity index (χ1n) is 7.81. The predicted octanol–water partition coefficient (Wildman–Crippen LogP) is 3.28. The Morgan fingerprint density at radius 2 is 2.23 bits per heavy atom. The molecule has 1 aliphatic rings. The Kier molecular flexibility index (Phi) is 5.77. The molecule has 0 radical (unpaired) electrons. The Hall–Kier alpha value is -1.62. The van der Waals surface area contributed by atoms with Crippen LogP contribution in [-0.2, 0) is 9.53 Å². The average molecular weight is 320 g/mol. The fraction of sp³-hybridized carbons (Fsp3) is 0.529. The number of hydrogen-bond acceptors (Lipinski definition) is 3. The van der Waals surface area contributed by atoms with E-state index in [4.69, 9.17) is 17.0 Å². The number of anilines is 1. The zero-order valence-corrected chi connectivity index (χ0v) is 14.3. The molecule has 1 aromatic carbocycles. The van der Waals surface area contributed by atoms with Crippen LogP contribution < -0.4 is 5.32 Å². The number of carbonyl (C=O) groups is 1. The van der Waals surface area contributed by atoms with Crippen LogP contribution in [-0.4, -0.2) is 35.7 Å². The lowest BCUT2D eigenvalue weighted by Crippen LogP contribution is -2.44. The summed E-state index contributed by atoms with van der Waals surface area (Å²) in [5, 5.41) is 4.00. The molecule has 0 bridgehead atoms. The third kappa shape index (κ3) is 4.19. The minimum Gasteiger partial charge on any atom is -0.466 e. The Labute approximate surface area is 137 Å². The smallest absolute Gasteiger partial charge is 0.310 e. The molecule has 1 aromatic rings. The number of piperidine rings is 1. The number of benzene rings is 1. The van der Waals surface area contributed by atoms with Crippen LogP contribution in [0.1, 0.15) is 30.9 Å². The largest absolute Gasteiger partial charge is 0.466 e. The van der Waals surface area contributed by atoms with Gasteiger partial charge in [-0.2, -0.15) is 0 Å². The fourth-order valence-corrected chi connectivity index (χ4v) is 2.95. The molecule has 2 rings (SSSR count). The minimum absolute atomic E-state index is 0.0768. The molecule has 1 aliphatic heterocycles. The van der Waals surface area contributed by atoms with Gasteiger partial charge in [0.25, 0.3) is 0 Å². The number of thiocarbonyl (C=S) groups is 1. The van der Waals surface area contributed by atoms with Crippen LogP contribution in [0.4, 0.5) is 5.69 Å². The van der Waals surface area contributed by atoms with E-state index >= 15 is 0 Å². The normalized spacial score (nSPS) is 18.0. The van der Waals surface area contributed by atoms with Crippen molar-refractivity contribution in [2.24, 2.45) is 5.92 Å². The molecule has 1 N–H and O–H groups in total. The second-order valence-electron chi connectivity index (χ2n) is 5.79. The number of hydrogen-bond donors (Lipinski definition) is 1. The molecule has 4 nitrogen and oxygen atoms in total. The first kappa shape index (κ1) is 16.7. The van der Waals surface area contributed by atoms with Crippen LogP contribution in [0, 0.1) is 19.8 Å². The quantitative estimate of drug-likeness (QED) is 0.684. The minimum atomic E-state index is -0.110. The number of esters is 1. The summed E-state index contributed by atoms with van der Waals surface area (Å²) in [6.45, 7) is 7.90. The third-order valence-electron chi connectivity index (χ3n) is 3.96. The lowest BCUT2D eigenvalue weighted by atomic mass is 9.98.